The minimum absolute atomic E-state index is 0.0156. The van der Waals surface area contributed by atoms with Gasteiger partial charge in [-0.1, -0.05) is 0 Å². The summed E-state index contributed by atoms with van der Waals surface area (Å²) in [6.07, 6.45) is 4.11. The molecule has 13 heavy (non-hydrogen) atoms. The molecule has 1 rings (SSSR count). The molecule has 2 amide bonds. The molecule has 0 unspecified atom stereocenters. The molecule has 1 fully saturated rings. The lowest BCUT2D eigenvalue weighted by Gasteiger charge is -2.37. The number of hydrogen-bond acceptors (Lipinski definition) is 2. The van der Waals surface area contributed by atoms with Crippen molar-refractivity contribution in [3.63, 3.8) is 0 Å². The number of aliphatic hydroxyl groups is 1. The Morgan fingerprint density at radius 2 is 2.31 bits per heavy atom. The van der Waals surface area contributed by atoms with Gasteiger partial charge in [-0.3, -0.25) is 0 Å². The molecule has 0 aliphatic heterocycles. The SMILES string of the molecule is CNC(=O)N(CCCO)C1CCC1. The normalized spacial score (nSPS) is 16.5. The number of urea groups is 1. The summed E-state index contributed by atoms with van der Waals surface area (Å²) in [6, 6.07) is 0.393. The third-order valence-corrected chi connectivity index (χ3v) is 2.55. The van der Waals surface area contributed by atoms with Crippen molar-refractivity contribution in [3.8, 4) is 0 Å². The van der Waals surface area contributed by atoms with Gasteiger partial charge in [-0.05, 0) is 25.7 Å². The van der Waals surface area contributed by atoms with Crippen LogP contribution in [0.15, 0.2) is 0 Å². The smallest absolute Gasteiger partial charge is 0.317 e. The molecule has 0 bridgehead atoms. The van der Waals surface area contributed by atoms with Crippen LogP contribution in [0.3, 0.4) is 0 Å². The first-order chi connectivity index (χ1) is 6.29. The minimum Gasteiger partial charge on any atom is -0.396 e. The summed E-state index contributed by atoms with van der Waals surface area (Å²) >= 11 is 0. The van der Waals surface area contributed by atoms with Crippen LogP contribution in [0.2, 0.25) is 0 Å². The van der Waals surface area contributed by atoms with Crippen LogP contribution in [0, 0.1) is 0 Å². The first kappa shape index (κ1) is 10.3. The highest BCUT2D eigenvalue weighted by Gasteiger charge is 2.27. The fourth-order valence-electron chi connectivity index (χ4n) is 1.53. The molecule has 0 aromatic rings. The number of rotatable bonds is 4. The predicted molar refractivity (Wildman–Crippen MR) is 50.5 cm³/mol. The molecular weight excluding hydrogens is 168 g/mol. The van der Waals surface area contributed by atoms with Crippen molar-refractivity contribution in [3.05, 3.63) is 0 Å². The van der Waals surface area contributed by atoms with E-state index < -0.39 is 0 Å². The Morgan fingerprint density at radius 3 is 2.69 bits per heavy atom. The van der Waals surface area contributed by atoms with E-state index in [4.69, 9.17) is 5.11 Å². The van der Waals surface area contributed by atoms with E-state index in [1.165, 1.54) is 6.42 Å². The van der Waals surface area contributed by atoms with Crippen molar-refractivity contribution in [1.82, 2.24) is 10.2 Å². The molecule has 1 aliphatic rings. The van der Waals surface area contributed by atoms with E-state index in [0.717, 1.165) is 12.8 Å². The molecular formula is C9H18N2O2. The summed E-state index contributed by atoms with van der Waals surface area (Å²) in [5.74, 6) is 0. The van der Waals surface area contributed by atoms with E-state index in [-0.39, 0.29) is 12.6 Å². The maximum Gasteiger partial charge on any atom is 0.317 e. The maximum absolute atomic E-state index is 11.4. The molecule has 4 nitrogen and oxygen atoms in total. The Hall–Kier alpha value is -0.770. The first-order valence-corrected chi connectivity index (χ1v) is 4.88. The Balaban J connectivity index is 2.37. The molecule has 76 valence electrons. The van der Waals surface area contributed by atoms with E-state index in [1.807, 2.05) is 4.90 Å². The highest BCUT2D eigenvalue weighted by Crippen LogP contribution is 2.24. The summed E-state index contributed by atoms with van der Waals surface area (Å²) in [7, 11) is 1.65. The van der Waals surface area contributed by atoms with Gasteiger partial charge >= 0.3 is 6.03 Å². The minimum atomic E-state index is -0.0156. The number of amides is 2. The van der Waals surface area contributed by atoms with E-state index in [2.05, 4.69) is 5.32 Å². The number of hydrogen-bond donors (Lipinski definition) is 2. The summed E-state index contributed by atoms with van der Waals surface area (Å²) in [5, 5.41) is 11.3. The molecule has 0 heterocycles. The van der Waals surface area contributed by atoms with Gasteiger partial charge < -0.3 is 15.3 Å². The number of carbonyl (C=O) groups excluding carboxylic acids is 1. The summed E-state index contributed by atoms with van der Waals surface area (Å²) in [6.45, 7) is 0.820. The Kier molecular flexibility index (Phi) is 4.02. The zero-order valence-electron chi connectivity index (χ0n) is 8.12. The van der Waals surface area contributed by atoms with Gasteiger partial charge in [-0.15, -0.1) is 0 Å². The van der Waals surface area contributed by atoms with E-state index in [9.17, 15) is 4.79 Å². The highest BCUT2D eigenvalue weighted by molar-refractivity contribution is 5.74. The van der Waals surface area contributed by atoms with Gasteiger partial charge in [0.25, 0.3) is 0 Å². The van der Waals surface area contributed by atoms with Gasteiger partial charge in [0.1, 0.15) is 0 Å². The average Bonchev–Trinajstić information content (AvgIpc) is 2.07. The molecule has 4 heteroatoms. The number of aliphatic hydroxyl groups excluding tert-OH is 1. The monoisotopic (exact) mass is 186 g/mol. The second kappa shape index (κ2) is 5.07. The standard InChI is InChI=1S/C9H18N2O2/c1-10-9(13)11(6-3-7-12)8-4-2-5-8/h8,12H,2-7H2,1H3,(H,10,13). The fourth-order valence-corrected chi connectivity index (χ4v) is 1.53. The average molecular weight is 186 g/mol. The molecule has 2 N–H and O–H groups in total. The molecule has 0 aromatic heterocycles. The first-order valence-electron chi connectivity index (χ1n) is 4.88. The Labute approximate surface area is 78.9 Å². The third-order valence-electron chi connectivity index (χ3n) is 2.55. The largest absolute Gasteiger partial charge is 0.396 e. The lowest BCUT2D eigenvalue weighted by Crippen LogP contribution is -2.48. The second-order valence-electron chi connectivity index (χ2n) is 3.41. The van der Waals surface area contributed by atoms with Crippen LogP contribution in [-0.4, -0.2) is 42.3 Å². The maximum atomic E-state index is 11.4. The molecule has 0 aromatic carbocycles. The van der Waals surface area contributed by atoms with Crippen LogP contribution in [0.5, 0.6) is 0 Å². The molecule has 0 radical (unpaired) electrons. The van der Waals surface area contributed by atoms with Gasteiger partial charge in [-0.25, -0.2) is 4.79 Å². The van der Waals surface area contributed by atoms with E-state index in [0.29, 0.717) is 19.0 Å². The van der Waals surface area contributed by atoms with Gasteiger partial charge in [0.2, 0.25) is 0 Å². The molecule has 0 spiro atoms. The summed E-state index contributed by atoms with van der Waals surface area (Å²) in [4.78, 5) is 13.2. The van der Waals surface area contributed by atoms with E-state index >= 15 is 0 Å². The Bertz CT molecular complexity index is 169. The van der Waals surface area contributed by atoms with Crippen molar-refractivity contribution in [2.75, 3.05) is 20.2 Å². The second-order valence-corrected chi connectivity index (χ2v) is 3.41. The molecule has 0 saturated heterocycles. The zero-order valence-corrected chi connectivity index (χ0v) is 8.12. The van der Waals surface area contributed by atoms with Crippen molar-refractivity contribution < 1.29 is 9.90 Å². The summed E-state index contributed by atoms with van der Waals surface area (Å²) < 4.78 is 0. The summed E-state index contributed by atoms with van der Waals surface area (Å²) in [5.41, 5.74) is 0. The van der Waals surface area contributed by atoms with Crippen LogP contribution >= 0.6 is 0 Å². The molecule has 1 saturated carbocycles. The van der Waals surface area contributed by atoms with Gasteiger partial charge in [0.15, 0.2) is 0 Å². The van der Waals surface area contributed by atoms with Crippen LogP contribution in [-0.2, 0) is 0 Å². The zero-order chi connectivity index (χ0) is 9.68. The number of carbonyl (C=O) groups is 1. The topological polar surface area (TPSA) is 52.6 Å². The van der Waals surface area contributed by atoms with Crippen LogP contribution in [0.1, 0.15) is 25.7 Å². The lowest BCUT2D eigenvalue weighted by atomic mass is 9.91. The highest BCUT2D eigenvalue weighted by atomic mass is 16.3. The van der Waals surface area contributed by atoms with Crippen molar-refractivity contribution in [2.24, 2.45) is 0 Å². The van der Waals surface area contributed by atoms with Crippen molar-refractivity contribution >= 4 is 6.03 Å². The molecule has 1 aliphatic carbocycles. The number of nitrogens with zero attached hydrogens (tertiary/aromatic N) is 1. The van der Waals surface area contributed by atoms with Crippen LogP contribution < -0.4 is 5.32 Å². The Morgan fingerprint density at radius 1 is 1.62 bits per heavy atom. The van der Waals surface area contributed by atoms with Crippen molar-refractivity contribution in [1.29, 1.82) is 0 Å². The predicted octanol–water partition coefficient (Wildman–Crippen LogP) is 0.563. The van der Waals surface area contributed by atoms with Gasteiger partial charge in [0, 0.05) is 26.2 Å². The third kappa shape index (κ3) is 2.59. The van der Waals surface area contributed by atoms with Crippen LogP contribution in [0.25, 0.3) is 0 Å². The molecule has 0 atom stereocenters. The van der Waals surface area contributed by atoms with Gasteiger partial charge in [0.05, 0.1) is 0 Å². The quantitative estimate of drug-likeness (QED) is 0.674. The van der Waals surface area contributed by atoms with Gasteiger partial charge in [-0.2, -0.15) is 0 Å². The van der Waals surface area contributed by atoms with Crippen LogP contribution in [0.4, 0.5) is 4.79 Å². The lowest BCUT2D eigenvalue weighted by molar-refractivity contribution is 0.132. The fraction of sp³-hybridized carbons (Fsp3) is 0.889. The van der Waals surface area contributed by atoms with Crippen molar-refractivity contribution in [2.45, 2.75) is 31.7 Å². The van der Waals surface area contributed by atoms with E-state index in [1.54, 1.807) is 7.05 Å². The number of nitrogens with one attached hydrogen (secondary N) is 1.